The molecule has 11 aromatic rings. The lowest BCUT2D eigenvalue weighted by Crippen LogP contribution is -1.94. The van der Waals surface area contributed by atoms with Crippen molar-refractivity contribution in [3.8, 4) is 33.8 Å². The SMILES string of the molecule is c1ccc(-c2nc(-c3cccc4oc5cc(-c6ccc7c8ccccc8c8ccccc8c7c6)ccc5c34)nc3c2sc2ccccc23)cc1. The lowest BCUT2D eigenvalue weighted by Gasteiger charge is -2.12. The predicted octanol–water partition coefficient (Wildman–Crippen LogP) is 13.2. The van der Waals surface area contributed by atoms with Crippen molar-refractivity contribution in [2.75, 3.05) is 0 Å². The van der Waals surface area contributed by atoms with Crippen LogP contribution in [0.1, 0.15) is 0 Å². The molecular weight excluding hydrogens is 629 g/mol. The Morgan fingerprint density at radius 1 is 0.420 bits per heavy atom. The van der Waals surface area contributed by atoms with Gasteiger partial charge in [-0.05, 0) is 73.8 Å². The van der Waals surface area contributed by atoms with Crippen molar-refractivity contribution in [3.63, 3.8) is 0 Å². The van der Waals surface area contributed by atoms with Gasteiger partial charge in [-0.25, -0.2) is 9.97 Å². The molecule has 3 heterocycles. The number of aromatic nitrogens is 2. The van der Waals surface area contributed by atoms with E-state index in [9.17, 15) is 0 Å². The normalized spacial score (nSPS) is 12.0. The number of furan rings is 1. The number of nitrogens with zero attached hydrogens (tertiary/aromatic N) is 2. The minimum absolute atomic E-state index is 0.700. The molecule has 0 amide bonds. The standard InChI is InChI=1S/C46H26N2OS/c1-2-11-27(12-3-1)43-45-44(36-17-8-9-20-41(36)50-45)48-46(47-43)37-18-10-19-39-42(37)35-24-22-29(26-40(35)49-39)28-21-23-34-32-15-5-4-13-30(32)31-14-6-7-16-33(31)38(34)25-28/h1-26H. The summed E-state index contributed by atoms with van der Waals surface area (Å²) >= 11 is 1.75. The maximum Gasteiger partial charge on any atom is 0.161 e. The highest BCUT2D eigenvalue weighted by Crippen LogP contribution is 2.43. The van der Waals surface area contributed by atoms with Crippen LogP contribution in [-0.4, -0.2) is 9.97 Å². The molecule has 8 aromatic carbocycles. The van der Waals surface area contributed by atoms with E-state index < -0.39 is 0 Å². The molecule has 0 spiro atoms. The summed E-state index contributed by atoms with van der Waals surface area (Å²) in [7, 11) is 0. The van der Waals surface area contributed by atoms with Crippen LogP contribution in [0.5, 0.6) is 0 Å². The topological polar surface area (TPSA) is 38.9 Å². The molecule has 0 atom stereocenters. The molecule has 0 aliphatic carbocycles. The van der Waals surface area contributed by atoms with Gasteiger partial charge < -0.3 is 4.42 Å². The molecule has 50 heavy (non-hydrogen) atoms. The fraction of sp³-hybridized carbons (Fsp3) is 0. The van der Waals surface area contributed by atoms with Gasteiger partial charge in [0.05, 0.1) is 15.9 Å². The van der Waals surface area contributed by atoms with Gasteiger partial charge in [0.2, 0.25) is 0 Å². The molecule has 4 heteroatoms. The molecule has 0 saturated carbocycles. The average molecular weight is 655 g/mol. The fourth-order valence-corrected chi connectivity index (χ4v) is 8.94. The lowest BCUT2D eigenvalue weighted by molar-refractivity contribution is 0.669. The largest absolute Gasteiger partial charge is 0.456 e. The molecule has 0 bridgehead atoms. The van der Waals surface area contributed by atoms with Gasteiger partial charge in [-0.2, -0.15) is 0 Å². The Balaban J connectivity index is 1.11. The molecule has 3 aromatic heterocycles. The summed E-state index contributed by atoms with van der Waals surface area (Å²) in [6.45, 7) is 0. The predicted molar refractivity (Wildman–Crippen MR) is 211 cm³/mol. The second-order valence-electron chi connectivity index (χ2n) is 12.9. The number of hydrogen-bond donors (Lipinski definition) is 0. The van der Waals surface area contributed by atoms with Crippen LogP contribution >= 0.6 is 11.3 Å². The van der Waals surface area contributed by atoms with E-state index >= 15 is 0 Å². The Morgan fingerprint density at radius 2 is 1.04 bits per heavy atom. The zero-order valence-corrected chi connectivity index (χ0v) is 27.5. The van der Waals surface area contributed by atoms with Gasteiger partial charge in [-0.3, -0.25) is 0 Å². The van der Waals surface area contributed by atoms with E-state index in [0.717, 1.165) is 65.5 Å². The maximum absolute atomic E-state index is 6.60. The zero-order valence-electron chi connectivity index (χ0n) is 26.7. The van der Waals surface area contributed by atoms with E-state index in [1.54, 1.807) is 11.3 Å². The summed E-state index contributed by atoms with van der Waals surface area (Å²) < 4.78 is 8.91. The first-order valence-electron chi connectivity index (χ1n) is 16.8. The zero-order chi connectivity index (χ0) is 32.8. The average Bonchev–Trinajstić information content (AvgIpc) is 3.76. The van der Waals surface area contributed by atoms with E-state index in [1.807, 2.05) is 18.2 Å². The Hall–Kier alpha value is -6.36. The molecule has 0 fully saturated rings. The van der Waals surface area contributed by atoms with E-state index in [4.69, 9.17) is 14.4 Å². The minimum atomic E-state index is 0.700. The van der Waals surface area contributed by atoms with Gasteiger partial charge in [0, 0.05) is 32.0 Å². The summed E-state index contributed by atoms with van der Waals surface area (Å²) in [6, 6.07) is 56.0. The summed E-state index contributed by atoms with van der Waals surface area (Å²) in [5, 5.41) is 10.9. The molecule has 11 rings (SSSR count). The van der Waals surface area contributed by atoms with Crippen molar-refractivity contribution < 1.29 is 4.42 Å². The van der Waals surface area contributed by atoms with Crippen LogP contribution in [0.2, 0.25) is 0 Å². The van der Waals surface area contributed by atoms with Crippen LogP contribution in [-0.2, 0) is 0 Å². The molecule has 0 aliphatic heterocycles. The van der Waals surface area contributed by atoms with E-state index in [0.29, 0.717) is 5.82 Å². The van der Waals surface area contributed by atoms with E-state index in [2.05, 4.69) is 140 Å². The second-order valence-corrected chi connectivity index (χ2v) is 13.9. The number of thiophene rings is 1. The van der Waals surface area contributed by atoms with Crippen molar-refractivity contribution in [2.24, 2.45) is 0 Å². The van der Waals surface area contributed by atoms with Crippen LogP contribution in [0.15, 0.2) is 162 Å². The smallest absolute Gasteiger partial charge is 0.161 e. The lowest BCUT2D eigenvalue weighted by atomic mass is 9.92. The monoisotopic (exact) mass is 654 g/mol. The van der Waals surface area contributed by atoms with Crippen molar-refractivity contribution in [1.29, 1.82) is 0 Å². The van der Waals surface area contributed by atoms with Crippen LogP contribution in [0, 0.1) is 0 Å². The van der Waals surface area contributed by atoms with Crippen LogP contribution in [0.25, 0.3) is 108 Å². The quantitative estimate of drug-likeness (QED) is 0.178. The maximum atomic E-state index is 6.60. The Bertz CT molecular complexity index is 3120. The van der Waals surface area contributed by atoms with Crippen molar-refractivity contribution in [2.45, 2.75) is 0 Å². The highest BCUT2D eigenvalue weighted by molar-refractivity contribution is 7.26. The summed E-state index contributed by atoms with van der Waals surface area (Å²) in [5.41, 5.74) is 7.93. The molecule has 0 N–H and O–H groups in total. The van der Waals surface area contributed by atoms with Gasteiger partial charge in [-0.1, -0.05) is 127 Å². The van der Waals surface area contributed by atoms with Gasteiger partial charge in [0.15, 0.2) is 5.82 Å². The van der Waals surface area contributed by atoms with Gasteiger partial charge in [0.1, 0.15) is 11.2 Å². The van der Waals surface area contributed by atoms with Gasteiger partial charge in [0.25, 0.3) is 0 Å². The highest BCUT2D eigenvalue weighted by Gasteiger charge is 2.20. The Labute approximate surface area is 290 Å². The molecule has 3 nitrogen and oxygen atoms in total. The van der Waals surface area contributed by atoms with Gasteiger partial charge in [-0.15, -0.1) is 11.3 Å². The summed E-state index contributed by atoms with van der Waals surface area (Å²) in [6.07, 6.45) is 0. The fourth-order valence-electron chi connectivity index (χ4n) is 7.78. The van der Waals surface area contributed by atoms with Crippen molar-refractivity contribution in [3.05, 3.63) is 158 Å². The van der Waals surface area contributed by atoms with Gasteiger partial charge >= 0.3 is 0 Å². The Kier molecular flexibility index (Phi) is 5.83. The third-order valence-electron chi connectivity index (χ3n) is 10.1. The molecular formula is C46H26N2OS. The van der Waals surface area contributed by atoms with Crippen LogP contribution < -0.4 is 0 Å². The first kappa shape index (κ1) is 27.6. The number of fused-ring (bicyclic) bond motifs is 12. The third kappa shape index (κ3) is 4.03. The van der Waals surface area contributed by atoms with Crippen molar-refractivity contribution in [1.82, 2.24) is 9.97 Å². The number of benzene rings is 8. The van der Waals surface area contributed by atoms with Crippen LogP contribution in [0.3, 0.4) is 0 Å². The first-order valence-corrected chi connectivity index (χ1v) is 17.6. The van der Waals surface area contributed by atoms with E-state index in [-0.39, 0.29) is 0 Å². The second kappa shape index (κ2) is 10.6. The molecule has 0 aliphatic rings. The van der Waals surface area contributed by atoms with E-state index in [1.165, 1.54) is 37.0 Å². The molecule has 0 unspecified atom stereocenters. The summed E-state index contributed by atoms with van der Waals surface area (Å²) in [4.78, 5) is 10.5. The van der Waals surface area contributed by atoms with Crippen LogP contribution in [0.4, 0.5) is 0 Å². The molecule has 232 valence electrons. The highest BCUT2D eigenvalue weighted by atomic mass is 32.1. The minimum Gasteiger partial charge on any atom is -0.456 e. The molecule has 0 saturated heterocycles. The summed E-state index contributed by atoms with van der Waals surface area (Å²) in [5.74, 6) is 0.700. The van der Waals surface area contributed by atoms with Crippen molar-refractivity contribution >= 4 is 85.9 Å². The Morgan fingerprint density at radius 3 is 1.80 bits per heavy atom. The number of hydrogen-bond acceptors (Lipinski definition) is 4. The number of rotatable bonds is 3. The molecule has 0 radical (unpaired) electrons. The first-order chi connectivity index (χ1) is 24.8. The third-order valence-corrected chi connectivity index (χ3v) is 11.2.